The normalized spacial score (nSPS) is 15.6. The van der Waals surface area contributed by atoms with E-state index in [1.165, 1.54) is 66.1 Å². The molecule has 0 bridgehead atoms. The van der Waals surface area contributed by atoms with Gasteiger partial charge in [-0.05, 0) is 128 Å². The van der Waals surface area contributed by atoms with Crippen LogP contribution in [0.2, 0.25) is 0 Å². The summed E-state index contributed by atoms with van der Waals surface area (Å²) in [5.41, 5.74) is 16.5. The molecule has 0 fully saturated rings. The molecule has 280 valence electrons. The van der Waals surface area contributed by atoms with Crippen LogP contribution in [0, 0.1) is 0 Å². The van der Waals surface area contributed by atoms with Crippen molar-refractivity contribution in [2.45, 2.75) is 16.7 Å². The predicted molar refractivity (Wildman–Crippen MR) is 242 cm³/mol. The number of hydrogen-bond acceptors (Lipinski definition) is 4. The van der Waals surface area contributed by atoms with Crippen molar-refractivity contribution in [3.63, 3.8) is 0 Å². The van der Waals surface area contributed by atoms with E-state index in [-0.39, 0.29) is 0 Å². The minimum Gasteiger partial charge on any atom is -0.449 e. The highest BCUT2D eigenvalue weighted by Gasteiger charge is 2.52. The molecule has 0 unspecified atom stereocenters. The van der Waals surface area contributed by atoms with Gasteiger partial charge in [0.2, 0.25) is 0 Å². The number of rotatable bonds is 4. The van der Waals surface area contributed by atoms with Gasteiger partial charge in [-0.1, -0.05) is 133 Å². The predicted octanol–water partition coefficient (Wildman–Crippen LogP) is 14.8. The minimum atomic E-state index is -0.458. The first kappa shape index (κ1) is 34.1. The second-order valence-electron chi connectivity index (χ2n) is 15.5. The van der Waals surface area contributed by atoms with Crippen molar-refractivity contribution in [3.05, 3.63) is 228 Å². The summed E-state index contributed by atoms with van der Waals surface area (Å²) in [5, 5.41) is 0. The molecule has 4 heteroatoms. The maximum Gasteiger partial charge on any atom is 0.172 e. The molecule has 0 aromatic heterocycles. The Morgan fingerprint density at radius 2 is 1.00 bits per heavy atom. The lowest BCUT2D eigenvalue weighted by Crippen LogP contribution is -2.25. The Bertz CT molecular complexity index is 2990. The molecule has 59 heavy (non-hydrogen) atoms. The van der Waals surface area contributed by atoms with Gasteiger partial charge in [-0.15, -0.1) is 11.8 Å². The first-order chi connectivity index (χ1) is 29.2. The average molecular weight is 776 g/mol. The van der Waals surface area contributed by atoms with Crippen molar-refractivity contribution < 1.29 is 9.47 Å². The second-order valence-corrected chi connectivity index (χ2v) is 16.5. The average Bonchev–Trinajstić information content (AvgIpc) is 3.79. The fourth-order valence-corrected chi connectivity index (χ4v) is 10.6. The van der Waals surface area contributed by atoms with Gasteiger partial charge in [0.05, 0.1) is 11.1 Å². The molecule has 0 atom stereocenters. The van der Waals surface area contributed by atoms with E-state index in [0.29, 0.717) is 11.5 Å². The van der Waals surface area contributed by atoms with Crippen molar-refractivity contribution in [2.24, 2.45) is 0 Å². The molecule has 4 aliphatic rings. The Labute approximate surface area is 348 Å². The highest BCUT2D eigenvalue weighted by atomic mass is 32.2. The Balaban J connectivity index is 0.927. The summed E-state index contributed by atoms with van der Waals surface area (Å²) in [4.78, 5) is 3.63. The highest BCUT2D eigenvalue weighted by molar-refractivity contribution is 7.99. The van der Waals surface area contributed by atoms with Gasteiger partial charge in [-0.25, -0.2) is 0 Å². The summed E-state index contributed by atoms with van der Waals surface area (Å²) in [7, 11) is 0. The van der Waals surface area contributed by atoms with Crippen LogP contribution in [-0.4, -0.2) is 5.75 Å². The zero-order valence-corrected chi connectivity index (χ0v) is 33.0. The van der Waals surface area contributed by atoms with Crippen LogP contribution in [-0.2, 0) is 11.8 Å². The molecule has 12 rings (SSSR count). The molecule has 0 saturated carbocycles. The van der Waals surface area contributed by atoms with Gasteiger partial charge < -0.3 is 14.4 Å². The molecule has 3 nitrogen and oxygen atoms in total. The van der Waals surface area contributed by atoms with Gasteiger partial charge in [-0.2, -0.15) is 0 Å². The van der Waals surface area contributed by atoms with Crippen LogP contribution in [0.5, 0.6) is 23.0 Å². The van der Waals surface area contributed by atoms with Crippen molar-refractivity contribution in [1.82, 2.24) is 0 Å². The zero-order valence-electron chi connectivity index (χ0n) is 32.1. The summed E-state index contributed by atoms with van der Waals surface area (Å²) in [6.45, 7) is 0. The van der Waals surface area contributed by atoms with E-state index in [2.05, 4.69) is 199 Å². The quantitative estimate of drug-likeness (QED) is 0.177. The molecule has 2 aliphatic carbocycles. The van der Waals surface area contributed by atoms with Crippen molar-refractivity contribution in [3.8, 4) is 56.4 Å². The van der Waals surface area contributed by atoms with Gasteiger partial charge in [-0.3, -0.25) is 0 Å². The summed E-state index contributed by atoms with van der Waals surface area (Å²) in [5.74, 6) is 3.80. The SMILES string of the molecule is C1=C\CSc2ccc(-c3ccc(N(c4ccccc4)c4ccc5c(c4)Oc4cc6c(cc4O5)-c4ccccc4C64c5ccccc5-c5ccccc54)cc3)cc2C\C=C/1. The number of benzene rings is 8. The molecule has 8 aromatic rings. The lowest BCUT2D eigenvalue weighted by Gasteiger charge is -2.31. The molecule has 2 heterocycles. The Kier molecular flexibility index (Phi) is 7.82. The fourth-order valence-electron chi connectivity index (χ4n) is 9.73. The summed E-state index contributed by atoms with van der Waals surface area (Å²) >= 11 is 1.90. The number of nitrogens with zero attached hydrogens (tertiary/aromatic N) is 1. The van der Waals surface area contributed by atoms with Crippen LogP contribution in [0.25, 0.3) is 33.4 Å². The van der Waals surface area contributed by atoms with Gasteiger partial charge >= 0.3 is 0 Å². The van der Waals surface area contributed by atoms with Crippen molar-refractivity contribution in [2.75, 3.05) is 10.7 Å². The number of ether oxygens (including phenoxy) is 2. The lowest BCUT2D eigenvalue weighted by molar-refractivity contribution is 0.359. The lowest BCUT2D eigenvalue weighted by atomic mass is 9.70. The third-order valence-electron chi connectivity index (χ3n) is 12.3. The van der Waals surface area contributed by atoms with Crippen molar-refractivity contribution >= 4 is 28.8 Å². The Morgan fingerprint density at radius 1 is 0.424 bits per heavy atom. The molecule has 0 saturated heterocycles. The maximum absolute atomic E-state index is 6.93. The third-order valence-corrected chi connectivity index (χ3v) is 13.3. The number of allylic oxidation sites excluding steroid dienone is 3. The Hall–Kier alpha value is -7.01. The summed E-state index contributed by atoms with van der Waals surface area (Å²) in [6, 6.07) is 63.6. The van der Waals surface area contributed by atoms with E-state index in [1.54, 1.807) is 0 Å². The molecule has 0 N–H and O–H groups in total. The number of hydrogen-bond donors (Lipinski definition) is 0. The monoisotopic (exact) mass is 775 g/mol. The maximum atomic E-state index is 6.93. The zero-order chi connectivity index (χ0) is 38.9. The van der Waals surface area contributed by atoms with Gasteiger partial charge in [0.1, 0.15) is 0 Å². The molecule has 0 amide bonds. The largest absolute Gasteiger partial charge is 0.449 e. The standard InChI is InChI=1S/C55H37NO2S/c1-2-13-31-59-54-30-25-37(32-38(54)14-4-1)36-23-26-40(27-24-36)56(39-15-5-3-6-16-39)41-28-29-50-51(33-41)58-53-35-49-45(34-52(53)57-50)44-19-9-12-22-48(44)55(49)46-20-10-7-17-42(46)43-18-8-11-21-47(43)55/h1-13,15-30,32-35H,14,31H2/b4-1-,13-2-. The first-order valence-electron chi connectivity index (χ1n) is 20.2. The number of fused-ring (bicyclic) bond motifs is 13. The molecular formula is C55H37NO2S. The number of anilines is 3. The Morgan fingerprint density at radius 3 is 1.75 bits per heavy atom. The van der Waals surface area contributed by atoms with Crippen LogP contribution in [0.15, 0.2) is 205 Å². The summed E-state index contributed by atoms with van der Waals surface area (Å²) in [6.07, 6.45) is 9.68. The van der Waals surface area contributed by atoms with Crippen molar-refractivity contribution in [1.29, 1.82) is 0 Å². The second kappa shape index (κ2) is 13.5. The van der Waals surface area contributed by atoms with E-state index >= 15 is 0 Å². The highest BCUT2D eigenvalue weighted by Crippen LogP contribution is 2.64. The molecule has 1 spiro atoms. The molecule has 0 radical (unpaired) electrons. The topological polar surface area (TPSA) is 21.7 Å². The van der Waals surface area contributed by atoms with Gasteiger partial charge in [0.25, 0.3) is 0 Å². The molecule has 8 aromatic carbocycles. The number of para-hydroxylation sites is 1. The van der Waals surface area contributed by atoms with Crippen LogP contribution >= 0.6 is 11.8 Å². The minimum absolute atomic E-state index is 0.458. The molecular weight excluding hydrogens is 739 g/mol. The fraction of sp³-hybridized carbons (Fsp3) is 0.0545. The van der Waals surface area contributed by atoms with Crippen LogP contribution in [0.3, 0.4) is 0 Å². The van der Waals surface area contributed by atoms with Crippen LogP contribution < -0.4 is 14.4 Å². The summed E-state index contributed by atoms with van der Waals surface area (Å²) < 4.78 is 13.7. The van der Waals surface area contributed by atoms with Crippen LogP contribution in [0.1, 0.15) is 27.8 Å². The van der Waals surface area contributed by atoms with Gasteiger partial charge in [0.15, 0.2) is 23.0 Å². The smallest absolute Gasteiger partial charge is 0.172 e. The first-order valence-corrected chi connectivity index (χ1v) is 21.2. The van der Waals surface area contributed by atoms with E-state index in [4.69, 9.17) is 9.47 Å². The van der Waals surface area contributed by atoms with Crippen LogP contribution in [0.4, 0.5) is 17.1 Å². The van der Waals surface area contributed by atoms with E-state index in [9.17, 15) is 0 Å². The van der Waals surface area contributed by atoms with Gasteiger partial charge in [0, 0.05) is 28.1 Å². The van der Waals surface area contributed by atoms with E-state index < -0.39 is 5.41 Å². The van der Waals surface area contributed by atoms with E-state index in [0.717, 1.165) is 40.7 Å². The third kappa shape index (κ3) is 5.30. The number of thioether (sulfide) groups is 1. The van der Waals surface area contributed by atoms with E-state index in [1.807, 2.05) is 17.8 Å². The molecule has 2 aliphatic heterocycles.